The van der Waals surface area contributed by atoms with Crippen molar-refractivity contribution in [1.82, 2.24) is 15.5 Å². The number of nitrogens with zero attached hydrogens (tertiary/aromatic N) is 1. The third-order valence-electron chi connectivity index (χ3n) is 2.71. The molecule has 0 saturated carbocycles. The van der Waals surface area contributed by atoms with Crippen molar-refractivity contribution in [1.29, 1.82) is 0 Å². The molecular formula is C11H22N4O3. The first-order valence-electron chi connectivity index (χ1n) is 6.26. The molecule has 104 valence electrons. The van der Waals surface area contributed by atoms with Crippen molar-refractivity contribution < 1.29 is 14.3 Å². The summed E-state index contributed by atoms with van der Waals surface area (Å²) in [4.78, 5) is 24.4. The van der Waals surface area contributed by atoms with Crippen LogP contribution in [0.2, 0.25) is 0 Å². The second-order valence-corrected chi connectivity index (χ2v) is 4.14. The molecule has 0 bridgehead atoms. The quantitative estimate of drug-likeness (QED) is 0.455. The maximum atomic E-state index is 11.3. The zero-order valence-corrected chi connectivity index (χ0v) is 10.6. The Labute approximate surface area is 107 Å². The van der Waals surface area contributed by atoms with Crippen LogP contribution in [0.3, 0.4) is 0 Å². The summed E-state index contributed by atoms with van der Waals surface area (Å²) in [5.41, 5.74) is 5.10. The molecular weight excluding hydrogens is 236 g/mol. The Morgan fingerprint density at radius 2 is 1.89 bits per heavy atom. The summed E-state index contributed by atoms with van der Waals surface area (Å²) in [7, 11) is 0. The third kappa shape index (κ3) is 6.53. The molecule has 0 radical (unpaired) electrons. The first kappa shape index (κ1) is 14.9. The highest BCUT2D eigenvalue weighted by Crippen LogP contribution is 1.97. The molecule has 0 unspecified atom stereocenters. The van der Waals surface area contributed by atoms with E-state index in [4.69, 9.17) is 10.5 Å². The van der Waals surface area contributed by atoms with Crippen molar-refractivity contribution in [2.24, 2.45) is 5.73 Å². The first-order valence-corrected chi connectivity index (χ1v) is 6.26. The maximum absolute atomic E-state index is 11.3. The number of ether oxygens (including phenoxy) is 1. The molecule has 1 saturated heterocycles. The minimum absolute atomic E-state index is 0.00636. The Bertz CT molecular complexity index is 267. The first-order chi connectivity index (χ1) is 8.72. The molecule has 2 amide bonds. The normalized spacial score (nSPS) is 16.3. The molecule has 1 rings (SSSR count). The Kier molecular flexibility index (Phi) is 7.31. The van der Waals surface area contributed by atoms with E-state index in [0.717, 1.165) is 39.3 Å². The van der Waals surface area contributed by atoms with Crippen LogP contribution >= 0.6 is 0 Å². The van der Waals surface area contributed by atoms with E-state index < -0.39 is 0 Å². The summed E-state index contributed by atoms with van der Waals surface area (Å²) in [6, 6.07) is 0. The summed E-state index contributed by atoms with van der Waals surface area (Å²) in [5, 5.41) is 5.17. The van der Waals surface area contributed by atoms with Crippen LogP contribution in [0.1, 0.15) is 6.42 Å². The van der Waals surface area contributed by atoms with Crippen LogP contribution in [0.5, 0.6) is 0 Å². The fourth-order valence-electron chi connectivity index (χ4n) is 1.67. The Balaban J connectivity index is 1.96. The number of carbonyl (C=O) groups excluding carboxylic acids is 2. The molecule has 0 aromatic carbocycles. The number of amides is 2. The molecule has 7 nitrogen and oxygen atoms in total. The largest absolute Gasteiger partial charge is 0.379 e. The van der Waals surface area contributed by atoms with E-state index in [9.17, 15) is 9.59 Å². The molecule has 0 spiro atoms. The lowest BCUT2D eigenvalue weighted by Gasteiger charge is -2.26. The highest BCUT2D eigenvalue weighted by molar-refractivity contribution is 5.85. The van der Waals surface area contributed by atoms with Gasteiger partial charge in [0.15, 0.2) is 0 Å². The predicted octanol–water partition coefficient (Wildman–Crippen LogP) is -2.10. The van der Waals surface area contributed by atoms with Crippen LogP contribution < -0.4 is 16.4 Å². The number of carbonyl (C=O) groups is 2. The fraction of sp³-hybridized carbons (Fsp3) is 0.818. The fourth-order valence-corrected chi connectivity index (χ4v) is 1.67. The van der Waals surface area contributed by atoms with Crippen LogP contribution in [0.4, 0.5) is 0 Å². The number of rotatable bonds is 7. The SMILES string of the molecule is NCC(=O)NCC(=O)NCCCN1CCOCC1. The Morgan fingerprint density at radius 3 is 2.56 bits per heavy atom. The van der Waals surface area contributed by atoms with E-state index in [1.54, 1.807) is 0 Å². The van der Waals surface area contributed by atoms with Gasteiger partial charge in [0.2, 0.25) is 11.8 Å². The minimum Gasteiger partial charge on any atom is -0.379 e. The van der Waals surface area contributed by atoms with E-state index in [1.165, 1.54) is 0 Å². The predicted molar refractivity (Wildman–Crippen MR) is 66.9 cm³/mol. The number of hydrogen-bond acceptors (Lipinski definition) is 5. The Morgan fingerprint density at radius 1 is 1.17 bits per heavy atom. The van der Waals surface area contributed by atoms with E-state index in [0.29, 0.717) is 6.54 Å². The van der Waals surface area contributed by atoms with Gasteiger partial charge in [-0.05, 0) is 13.0 Å². The molecule has 1 heterocycles. The van der Waals surface area contributed by atoms with Gasteiger partial charge in [0.25, 0.3) is 0 Å². The number of morpholine rings is 1. The molecule has 0 atom stereocenters. The van der Waals surface area contributed by atoms with Crippen molar-refractivity contribution in [3.05, 3.63) is 0 Å². The highest BCUT2D eigenvalue weighted by atomic mass is 16.5. The van der Waals surface area contributed by atoms with Gasteiger partial charge in [0.1, 0.15) is 0 Å². The lowest BCUT2D eigenvalue weighted by Crippen LogP contribution is -2.41. The summed E-state index contributed by atoms with van der Waals surface area (Å²) >= 11 is 0. The van der Waals surface area contributed by atoms with Gasteiger partial charge in [-0.15, -0.1) is 0 Å². The van der Waals surface area contributed by atoms with Crippen molar-refractivity contribution >= 4 is 11.8 Å². The maximum Gasteiger partial charge on any atom is 0.239 e. The molecule has 1 aliphatic rings. The van der Waals surface area contributed by atoms with Crippen LogP contribution in [0.25, 0.3) is 0 Å². The molecule has 0 aliphatic carbocycles. The van der Waals surface area contributed by atoms with Crippen molar-refractivity contribution in [2.45, 2.75) is 6.42 Å². The van der Waals surface area contributed by atoms with Crippen LogP contribution in [-0.4, -0.2) is 69.2 Å². The molecule has 4 N–H and O–H groups in total. The lowest BCUT2D eigenvalue weighted by atomic mass is 10.3. The van der Waals surface area contributed by atoms with E-state index in [-0.39, 0.29) is 24.9 Å². The molecule has 18 heavy (non-hydrogen) atoms. The van der Waals surface area contributed by atoms with Gasteiger partial charge < -0.3 is 21.1 Å². The minimum atomic E-state index is -0.321. The molecule has 1 fully saturated rings. The average Bonchev–Trinajstić information content (AvgIpc) is 2.42. The second-order valence-electron chi connectivity index (χ2n) is 4.14. The van der Waals surface area contributed by atoms with Crippen molar-refractivity contribution in [3.8, 4) is 0 Å². The lowest BCUT2D eigenvalue weighted by molar-refractivity contribution is -0.125. The van der Waals surface area contributed by atoms with E-state index >= 15 is 0 Å². The van der Waals surface area contributed by atoms with E-state index in [2.05, 4.69) is 15.5 Å². The van der Waals surface area contributed by atoms with Gasteiger partial charge in [0.05, 0.1) is 26.3 Å². The van der Waals surface area contributed by atoms with Gasteiger partial charge in [0, 0.05) is 19.6 Å². The van der Waals surface area contributed by atoms with Crippen LogP contribution in [0.15, 0.2) is 0 Å². The van der Waals surface area contributed by atoms with Crippen molar-refractivity contribution in [3.63, 3.8) is 0 Å². The standard InChI is InChI=1S/C11H22N4O3/c12-8-10(16)14-9-11(17)13-2-1-3-15-4-6-18-7-5-15/h1-9,12H2,(H,13,17)(H,14,16). The van der Waals surface area contributed by atoms with Crippen molar-refractivity contribution in [2.75, 3.05) is 52.5 Å². The molecule has 0 aromatic rings. The zero-order valence-electron chi connectivity index (χ0n) is 10.6. The third-order valence-corrected chi connectivity index (χ3v) is 2.71. The summed E-state index contributed by atoms with van der Waals surface area (Å²) in [5.74, 6) is -0.503. The van der Waals surface area contributed by atoms with E-state index in [1.807, 2.05) is 0 Å². The Hall–Kier alpha value is -1.18. The number of nitrogens with two attached hydrogens (primary N) is 1. The molecule has 7 heteroatoms. The van der Waals surface area contributed by atoms with Gasteiger partial charge in [-0.1, -0.05) is 0 Å². The highest BCUT2D eigenvalue weighted by Gasteiger charge is 2.09. The smallest absolute Gasteiger partial charge is 0.239 e. The summed E-state index contributed by atoms with van der Waals surface area (Å²) < 4.78 is 5.25. The van der Waals surface area contributed by atoms with Crippen LogP contribution in [0, 0.1) is 0 Å². The monoisotopic (exact) mass is 258 g/mol. The molecule has 0 aromatic heterocycles. The second kappa shape index (κ2) is 8.84. The molecule has 1 aliphatic heterocycles. The zero-order chi connectivity index (χ0) is 13.2. The van der Waals surface area contributed by atoms with Gasteiger partial charge >= 0.3 is 0 Å². The van der Waals surface area contributed by atoms with Gasteiger partial charge in [-0.25, -0.2) is 0 Å². The number of nitrogens with one attached hydrogen (secondary N) is 2. The van der Waals surface area contributed by atoms with Crippen LogP contribution in [-0.2, 0) is 14.3 Å². The van der Waals surface area contributed by atoms with Gasteiger partial charge in [-0.3, -0.25) is 14.5 Å². The topological polar surface area (TPSA) is 96.7 Å². The van der Waals surface area contributed by atoms with Gasteiger partial charge in [-0.2, -0.15) is 0 Å². The summed E-state index contributed by atoms with van der Waals surface area (Å²) in [6.45, 7) is 4.97. The summed E-state index contributed by atoms with van der Waals surface area (Å²) in [6.07, 6.45) is 0.899. The average molecular weight is 258 g/mol. The number of hydrogen-bond donors (Lipinski definition) is 3.